The summed E-state index contributed by atoms with van der Waals surface area (Å²) in [6.45, 7) is 2.35. The molecule has 11 heteroatoms. The average Bonchev–Trinajstić information content (AvgIpc) is 2.77. The van der Waals surface area contributed by atoms with Crippen LogP contribution in [0.3, 0.4) is 0 Å². The van der Waals surface area contributed by atoms with Crippen molar-refractivity contribution in [3.05, 3.63) is 76.6 Å². The van der Waals surface area contributed by atoms with Gasteiger partial charge in [-0.3, -0.25) is 9.59 Å². The number of carbonyl (C=O) groups excluding carboxylic acids is 1. The number of hydrogen-bond acceptors (Lipinski definition) is 7. The second-order valence-electron chi connectivity index (χ2n) is 7.26. The van der Waals surface area contributed by atoms with Gasteiger partial charge in [-0.05, 0) is 42.7 Å². The van der Waals surface area contributed by atoms with Crippen molar-refractivity contribution in [2.45, 2.75) is 41.6 Å². The molecule has 5 N–H and O–H groups in total. The molecule has 1 amide bonds. The first kappa shape index (κ1) is 24.5. The van der Waals surface area contributed by atoms with Gasteiger partial charge >= 0.3 is 0 Å². The van der Waals surface area contributed by atoms with E-state index in [1.165, 1.54) is 30.3 Å². The zero-order valence-electron chi connectivity index (χ0n) is 18.0. The van der Waals surface area contributed by atoms with E-state index in [9.17, 15) is 18.0 Å². The number of hydrogen-bond donors (Lipinski definition) is 3. The third-order valence-corrected chi connectivity index (χ3v) is 7.13. The molecule has 0 radical (unpaired) electrons. The maximum Gasteiger partial charge on any atom is 0.275 e. The van der Waals surface area contributed by atoms with Gasteiger partial charge in [-0.2, -0.15) is 4.98 Å². The van der Waals surface area contributed by atoms with Gasteiger partial charge in [0.2, 0.25) is 15.9 Å². The van der Waals surface area contributed by atoms with Crippen molar-refractivity contribution in [2.24, 2.45) is 5.14 Å². The summed E-state index contributed by atoms with van der Waals surface area (Å²) in [7, 11) is -3.82. The summed E-state index contributed by atoms with van der Waals surface area (Å²) in [4.78, 5) is 28.9. The lowest BCUT2D eigenvalue weighted by atomic mass is 10.1. The minimum atomic E-state index is -3.82. The van der Waals surface area contributed by atoms with E-state index in [-0.39, 0.29) is 16.6 Å². The molecule has 3 aromatic rings. The molecule has 33 heavy (non-hydrogen) atoms. The Hall–Kier alpha value is -3.15. The summed E-state index contributed by atoms with van der Waals surface area (Å²) in [5, 5.41) is 7.66. The number of nitrogen functional groups attached to an aromatic ring is 1. The van der Waals surface area contributed by atoms with Crippen LogP contribution in [0.1, 0.15) is 18.9 Å². The zero-order chi connectivity index (χ0) is 24.0. The third-order valence-electron chi connectivity index (χ3n) is 4.85. The van der Waals surface area contributed by atoms with Crippen LogP contribution in [0.15, 0.2) is 75.5 Å². The van der Waals surface area contributed by atoms with Crippen LogP contribution in [-0.2, 0) is 27.8 Å². The molecular formula is C22H25N5O4S2. The lowest BCUT2D eigenvalue weighted by Gasteiger charge is -2.19. The standard InChI is InChI=1S/C22H25N5O4S2/c1-2-18(21(29)25-16-8-10-17(11-9-16)33(24,30)31)32-22-26-20(28)14-19(23)27(22)13-12-15-6-4-3-5-7-15/h3-11,14,18H,2,12-13,23H2,1H3,(H,25,29)(H2,24,30,31)/t18-/m1/s1. The van der Waals surface area contributed by atoms with Crippen molar-refractivity contribution >= 4 is 39.2 Å². The monoisotopic (exact) mass is 487 g/mol. The van der Waals surface area contributed by atoms with Crippen LogP contribution in [0, 0.1) is 0 Å². The van der Waals surface area contributed by atoms with Crippen molar-refractivity contribution in [1.82, 2.24) is 9.55 Å². The summed E-state index contributed by atoms with van der Waals surface area (Å²) in [6.07, 6.45) is 1.15. The van der Waals surface area contributed by atoms with Crippen LogP contribution in [0.5, 0.6) is 0 Å². The Labute approximate surface area is 196 Å². The molecule has 0 aliphatic heterocycles. The van der Waals surface area contributed by atoms with Gasteiger partial charge in [0.1, 0.15) is 5.82 Å². The quantitative estimate of drug-likeness (QED) is 0.309. The molecule has 0 unspecified atom stereocenters. The minimum Gasteiger partial charge on any atom is -0.385 e. The second-order valence-corrected chi connectivity index (χ2v) is 9.99. The fraction of sp³-hybridized carbons (Fsp3) is 0.227. The molecule has 0 spiro atoms. The number of aromatic nitrogens is 2. The highest BCUT2D eigenvalue weighted by Gasteiger charge is 2.22. The lowest BCUT2D eigenvalue weighted by molar-refractivity contribution is -0.115. The zero-order valence-corrected chi connectivity index (χ0v) is 19.6. The molecule has 1 heterocycles. The van der Waals surface area contributed by atoms with Gasteiger partial charge in [-0.25, -0.2) is 13.6 Å². The number of sulfonamides is 1. The van der Waals surface area contributed by atoms with E-state index in [1.54, 1.807) is 4.57 Å². The number of aryl methyl sites for hydroxylation is 1. The number of primary sulfonamides is 1. The lowest BCUT2D eigenvalue weighted by Crippen LogP contribution is -2.27. The number of amides is 1. The van der Waals surface area contributed by atoms with Crippen LogP contribution in [0.2, 0.25) is 0 Å². The molecule has 0 saturated heterocycles. The highest BCUT2D eigenvalue weighted by atomic mass is 32.2. The van der Waals surface area contributed by atoms with Gasteiger partial charge in [0.25, 0.3) is 5.56 Å². The Kier molecular flexibility index (Phi) is 7.90. The molecule has 0 fully saturated rings. The predicted molar refractivity (Wildman–Crippen MR) is 129 cm³/mol. The highest BCUT2D eigenvalue weighted by molar-refractivity contribution is 8.00. The van der Waals surface area contributed by atoms with Crippen molar-refractivity contribution < 1.29 is 13.2 Å². The molecule has 174 valence electrons. The van der Waals surface area contributed by atoms with E-state index in [0.717, 1.165) is 17.3 Å². The normalized spacial score (nSPS) is 12.3. The highest BCUT2D eigenvalue weighted by Crippen LogP contribution is 2.26. The molecule has 0 saturated carbocycles. The Morgan fingerprint density at radius 2 is 1.82 bits per heavy atom. The summed E-state index contributed by atoms with van der Waals surface area (Å²) >= 11 is 1.16. The minimum absolute atomic E-state index is 0.0479. The molecule has 0 bridgehead atoms. The number of anilines is 2. The Morgan fingerprint density at radius 1 is 1.15 bits per heavy atom. The van der Waals surface area contributed by atoms with E-state index in [1.807, 2.05) is 37.3 Å². The summed E-state index contributed by atoms with van der Waals surface area (Å²) < 4.78 is 24.5. The summed E-state index contributed by atoms with van der Waals surface area (Å²) in [6, 6.07) is 16.7. The summed E-state index contributed by atoms with van der Waals surface area (Å²) in [5.74, 6) is -0.0283. The second kappa shape index (κ2) is 10.6. The number of nitrogens with two attached hydrogens (primary N) is 2. The Morgan fingerprint density at radius 3 is 2.42 bits per heavy atom. The topological polar surface area (TPSA) is 150 Å². The third kappa shape index (κ3) is 6.67. The van der Waals surface area contributed by atoms with Crippen LogP contribution in [-0.4, -0.2) is 29.1 Å². The number of benzene rings is 2. The molecule has 9 nitrogen and oxygen atoms in total. The molecule has 2 aromatic carbocycles. The molecule has 0 aliphatic carbocycles. The van der Waals surface area contributed by atoms with Gasteiger partial charge in [-0.1, -0.05) is 49.0 Å². The molecular weight excluding hydrogens is 462 g/mol. The molecule has 0 aliphatic rings. The molecule has 1 atom stereocenters. The van der Waals surface area contributed by atoms with Gasteiger partial charge in [0.15, 0.2) is 5.16 Å². The van der Waals surface area contributed by atoms with Gasteiger partial charge in [0, 0.05) is 18.3 Å². The number of nitrogens with one attached hydrogen (secondary N) is 1. The maximum absolute atomic E-state index is 12.9. The van der Waals surface area contributed by atoms with E-state index < -0.39 is 20.8 Å². The first-order chi connectivity index (χ1) is 15.7. The van der Waals surface area contributed by atoms with Gasteiger partial charge in [0.05, 0.1) is 10.1 Å². The van der Waals surface area contributed by atoms with Gasteiger partial charge in [-0.15, -0.1) is 0 Å². The SMILES string of the molecule is CC[C@@H](Sc1nc(=O)cc(N)n1CCc1ccccc1)C(=O)Nc1ccc(S(N)(=O)=O)cc1. The fourth-order valence-corrected chi connectivity index (χ4v) is 4.67. The number of nitrogens with zero attached hydrogens (tertiary/aromatic N) is 2. The smallest absolute Gasteiger partial charge is 0.275 e. The summed E-state index contributed by atoms with van der Waals surface area (Å²) in [5.41, 5.74) is 7.16. The molecule has 1 aromatic heterocycles. The first-order valence-corrected chi connectivity index (χ1v) is 12.6. The van der Waals surface area contributed by atoms with E-state index >= 15 is 0 Å². The van der Waals surface area contributed by atoms with Crippen LogP contribution in [0.4, 0.5) is 11.5 Å². The van der Waals surface area contributed by atoms with Gasteiger partial charge < -0.3 is 15.6 Å². The van der Waals surface area contributed by atoms with Crippen molar-refractivity contribution in [2.75, 3.05) is 11.1 Å². The van der Waals surface area contributed by atoms with E-state index in [2.05, 4.69) is 10.3 Å². The first-order valence-electron chi connectivity index (χ1n) is 10.2. The fourth-order valence-electron chi connectivity index (χ4n) is 3.10. The van der Waals surface area contributed by atoms with Crippen molar-refractivity contribution in [1.29, 1.82) is 0 Å². The Bertz CT molecular complexity index is 1280. The van der Waals surface area contributed by atoms with Crippen LogP contribution < -0.4 is 21.7 Å². The number of carbonyl (C=O) groups is 1. The Balaban J connectivity index is 1.77. The maximum atomic E-state index is 12.9. The predicted octanol–water partition coefficient (Wildman–Crippen LogP) is 2.22. The van der Waals surface area contributed by atoms with Crippen molar-refractivity contribution in [3.8, 4) is 0 Å². The van der Waals surface area contributed by atoms with Crippen molar-refractivity contribution in [3.63, 3.8) is 0 Å². The van der Waals surface area contributed by atoms with E-state index in [4.69, 9.17) is 10.9 Å². The number of thioether (sulfide) groups is 1. The largest absolute Gasteiger partial charge is 0.385 e. The number of rotatable bonds is 9. The average molecular weight is 488 g/mol. The van der Waals surface area contributed by atoms with Crippen LogP contribution in [0.25, 0.3) is 0 Å². The van der Waals surface area contributed by atoms with E-state index in [0.29, 0.717) is 30.2 Å². The van der Waals surface area contributed by atoms with Crippen LogP contribution >= 0.6 is 11.8 Å². The molecule has 3 rings (SSSR count).